The van der Waals surface area contributed by atoms with Crippen LogP contribution >= 0.6 is 11.8 Å². The predicted molar refractivity (Wildman–Crippen MR) is 83.5 cm³/mol. The Hall–Kier alpha value is -1.37. The molecule has 0 spiro atoms. The van der Waals surface area contributed by atoms with Gasteiger partial charge in [0, 0.05) is 17.3 Å². The first kappa shape index (κ1) is 17.0. The van der Waals surface area contributed by atoms with Crippen molar-refractivity contribution in [2.75, 3.05) is 23.4 Å². The topological polar surface area (TPSA) is 41.1 Å². The van der Waals surface area contributed by atoms with E-state index in [2.05, 4.69) is 5.32 Å². The van der Waals surface area contributed by atoms with Crippen molar-refractivity contribution in [1.82, 2.24) is 5.32 Å². The van der Waals surface area contributed by atoms with Gasteiger partial charge in [0.2, 0.25) is 0 Å². The molecule has 2 N–H and O–H groups in total. The molecule has 0 radical (unpaired) electrons. The summed E-state index contributed by atoms with van der Waals surface area (Å²) in [6.45, 7) is 0.597. The Labute approximate surface area is 132 Å². The van der Waals surface area contributed by atoms with Crippen LogP contribution in [0.1, 0.15) is 28.8 Å². The van der Waals surface area contributed by atoms with Gasteiger partial charge in [-0.05, 0) is 49.0 Å². The van der Waals surface area contributed by atoms with Gasteiger partial charge in [-0.1, -0.05) is 6.07 Å². The summed E-state index contributed by atoms with van der Waals surface area (Å²) in [6.07, 6.45) is -2.30. The van der Waals surface area contributed by atoms with Gasteiger partial charge in [-0.25, -0.2) is 0 Å². The van der Waals surface area contributed by atoms with E-state index in [0.29, 0.717) is 6.04 Å². The molecule has 1 saturated heterocycles. The van der Waals surface area contributed by atoms with Crippen LogP contribution < -0.4 is 10.6 Å². The van der Waals surface area contributed by atoms with E-state index in [0.717, 1.165) is 35.6 Å². The Morgan fingerprint density at radius 2 is 2.00 bits per heavy atom. The summed E-state index contributed by atoms with van der Waals surface area (Å²) >= 11 is 1.92. The number of anilines is 1. The van der Waals surface area contributed by atoms with E-state index in [1.165, 1.54) is 0 Å². The highest BCUT2D eigenvalue weighted by atomic mass is 32.2. The molecule has 0 unspecified atom stereocenters. The van der Waals surface area contributed by atoms with Gasteiger partial charge < -0.3 is 10.6 Å². The molecular formula is C15H19F3N2OS. The molecule has 7 heteroatoms. The monoisotopic (exact) mass is 332 g/mol. The smallest absolute Gasteiger partial charge is 0.382 e. The van der Waals surface area contributed by atoms with E-state index in [-0.39, 0.29) is 5.56 Å². The van der Waals surface area contributed by atoms with Crippen molar-refractivity contribution in [3.8, 4) is 0 Å². The van der Waals surface area contributed by atoms with Crippen LogP contribution in [0.3, 0.4) is 0 Å². The lowest BCUT2D eigenvalue weighted by Crippen LogP contribution is -2.33. The van der Waals surface area contributed by atoms with Crippen LogP contribution in [0.2, 0.25) is 0 Å². The van der Waals surface area contributed by atoms with Crippen molar-refractivity contribution in [3.63, 3.8) is 0 Å². The third kappa shape index (κ3) is 5.12. The van der Waals surface area contributed by atoms with Gasteiger partial charge in [-0.2, -0.15) is 24.9 Å². The predicted octanol–water partition coefficient (Wildman–Crippen LogP) is 3.59. The van der Waals surface area contributed by atoms with Gasteiger partial charge >= 0.3 is 6.18 Å². The highest BCUT2D eigenvalue weighted by Gasteiger charge is 2.28. The molecule has 1 aliphatic rings. The van der Waals surface area contributed by atoms with Gasteiger partial charge in [-0.15, -0.1) is 0 Å². The zero-order chi connectivity index (χ0) is 16.2. The first-order valence-corrected chi connectivity index (χ1v) is 8.30. The molecule has 0 bridgehead atoms. The molecule has 1 aliphatic heterocycles. The van der Waals surface area contributed by atoms with Crippen LogP contribution in [0.25, 0.3) is 0 Å². The fourth-order valence-electron chi connectivity index (χ4n) is 2.26. The Bertz CT molecular complexity index is 528. The van der Waals surface area contributed by atoms with Crippen LogP contribution in [0.15, 0.2) is 18.2 Å². The maximum absolute atomic E-state index is 12.2. The van der Waals surface area contributed by atoms with E-state index >= 15 is 0 Å². The van der Waals surface area contributed by atoms with Crippen LogP contribution in [-0.4, -0.2) is 36.2 Å². The highest BCUT2D eigenvalue weighted by molar-refractivity contribution is 7.99. The van der Waals surface area contributed by atoms with E-state index in [9.17, 15) is 18.0 Å². The number of nitrogens with one attached hydrogen (secondary N) is 2. The summed E-state index contributed by atoms with van der Waals surface area (Å²) in [5.74, 6) is 1.49. The molecule has 0 saturated carbocycles. The van der Waals surface area contributed by atoms with Crippen molar-refractivity contribution in [3.05, 3.63) is 29.3 Å². The van der Waals surface area contributed by atoms with Gasteiger partial charge in [0.15, 0.2) is 0 Å². The number of hydrogen-bond donors (Lipinski definition) is 2. The molecule has 1 fully saturated rings. The molecular weight excluding hydrogens is 313 g/mol. The number of halogens is 3. The summed E-state index contributed by atoms with van der Waals surface area (Å²) in [6, 6.07) is 5.28. The third-order valence-electron chi connectivity index (χ3n) is 3.53. The van der Waals surface area contributed by atoms with Crippen molar-refractivity contribution in [2.45, 2.75) is 32.0 Å². The summed E-state index contributed by atoms with van der Waals surface area (Å²) in [7, 11) is 0. The number of amides is 1. The van der Waals surface area contributed by atoms with Gasteiger partial charge in [0.25, 0.3) is 5.91 Å². The number of carbonyl (C=O) groups excluding carboxylic acids is 1. The molecule has 0 aliphatic carbocycles. The minimum atomic E-state index is -4.40. The zero-order valence-corrected chi connectivity index (χ0v) is 13.1. The molecule has 0 aromatic heterocycles. The maximum atomic E-state index is 12.2. The fraction of sp³-hybridized carbons (Fsp3) is 0.533. The Morgan fingerprint density at radius 1 is 1.32 bits per heavy atom. The summed E-state index contributed by atoms with van der Waals surface area (Å²) in [4.78, 5) is 11.8. The molecule has 1 aromatic rings. The molecule has 2 rings (SSSR count). The lowest BCUT2D eigenvalue weighted by atomic mass is 10.1. The highest BCUT2D eigenvalue weighted by Crippen LogP contribution is 2.24. The maximum Gasteiger partial charge on any atom is 0.405 e. The molecule has 122 valence electrons. The minimum Gasteiger partial charge on any atom is -0.382 e. The van der Waals surface area contributed by atoms with Crippen LogP contribution in [0.4, 0.5) is 18.9 Å². The average molecular weight is 332 g/mol. The van der Waals surface area contributed by atoms with Crippen molar-refractivity contribution < 1.29 is 18.0 Å². The lowest BCUT2D eigenvalue weighted by molar-refractivity contribution is -0.123. The zero-order valence-electron chi connectivity index (χ0n) is 12.3. The van der Waals surface area contributed by atoms with E-state index in [1.807, 2.05) is 24.0 Å². The van der Waals surface area contributed by atoms with E-state index < -0.39 is 18.6 Å². The Morgan fingerprint density at radius 3 is 2.64 bits per heavy atom. The lowest BCUT2D eigenvalue weighted by Gasteiger charge is -2.24. The molecule has 22 heavy (non-hydrogen) atoms. The van der Waals surface area contributed by atoms with Crippen LogP contribution in [0, 0.1) is 6.92 Å². The molecule has 1 amide bonds. The first-order valence-electron chi connectivity index (χ1n) is 7.15. The number of benzene rings is 1. The second-order valence-electron chi connectivity index (χ2n) is 5.36. The second kappa shape index (κ2) is 7.26. The summed E-state index contributed by atoms with van der Waals surface area (Å²) in [5.41, 5.74) is 2.03. The SMILES string of the molecule is Cc1ccc(C(=O)NCC(F)(F)F)cc1NC1CCSCC1. The second-order valence-corrected chi connectivity index (χ2v) is 6.58. The molecule has 0 atom stereocenters. The Balaban J connectivity index is 2.03. The first-order chi connectivity index (χ1) is 10.3. The summed E-state index contributed by atoms with van der Waals surface area (Å²) in [5, 5.41) is 5.30. The van der Waals surface area contributed by atoms with Crippen molar-refractivity contribution >= 4 is 23.4 Å². The van der Waals surface area contributed by atoms with E-state index in [1.54, 1.807) is 18.2 Å². The largest absolute Gasteiger partial charge is 0.405 e. The molecule has 1 heterocycles. The van der Waals surface area contributed by atoms with Crippen LogP contribution in [0.5, 0.6) is 0 Å². The number of carbonyl (C=O) groups is 1. The van der Waals surface area contributed by atoms with Gasteiger partial charge in [0.1, 0.15) is 6.54 Å². The van der Waals surface area contributed by atoms with Crippen molar-refractivity contribution in [2.24, 2.45) is 0 Å². The molecule has 1 aromatic carbocycles. The number of thioether (sulfide) groups is 1. The number of aryl methyl sites for hydroxylation is 1. The Kier molecular flexibility index (Phi) is 5.61. The van der Waals surface area contributed by atoms with Crippen molar-refractivity contribution in [1.29, 1.82) is 0 Å². The average Bonchev–Trinajstić information content (AvgIpc) is 2.47. The third-order valence-corrected chi connectivity index (χ3v) is 4.58. The van der Waals surface area contributed by atoms with Gasteiger partial charge in [-0.3, -0.25) is 4.79 Å². The standard InChI is InChI=1S/C15H19F3N2OS/c1-10-2-3-11(14(21)19-9-15(16,17)18)8-13(10)20-12-4-6-22-7-5-12/h2-3,8,12,20H,4-7,9H2,1H3,(H,19,21). The normalized spacial score (nSPS) is 16.4. The number of alkyl halides is 3. The minimum absolute atomic E-state index is 0.238. The van der Waals surface area contributed by atoms with E-state index in [4.69, 9.17) is 0 Å². The van der Waals surface area contributed by atoms with Gasteiger partial charge in [0.05, 0.1) is 0 Å². The molecule has 3 nitrogen and oxygen atoms in total. The summed E-state index contributed by atoms with van der Waals surface area (Å²) < 4.78 is 36.5. The number of rotatable bonds is 4. The number of hydrogen-bond acceptors (Lipinski definition) is 3. The van der Waals surface area contributed by atoms with Crippen LogP contribution in [-0.2, 0) is 0 Å². The fourth-order valence-corrected chi connectivity index (χ4v) is 3.37. The quantitative estimate of drug-likeness (QED) is 0.885.